The smallest absolute Gasteiger partial charge is 0.191 e. The van der Waals surface area contributed by atoms with Gasteiger partial charge >= 0.3 is 0 Å². The first kappa shape index (κ1) is 19.1. The molecule has 0 aliphatic carbocycles. The first-order chi connectivity index (χ1) is 11.7. The molecule has 4 nitrogen and oxygen atoms in total. The van der Waals surface area contributed by atoms with Crippen LogP contribution in [-0.2, 0) is 6.42 Å². The van der Waals surface area contributed by atoms with Crippen LogP contribution in [0.2, 0.25) is 5.02 Å². The molecule has 2 rings (SSSR count). The van der Waals surface area contributed by atoms with Gasteiger partial charge in [0.15, 0.2) is 5.96 Å². The average Bonchev–Trinajstić information content (AvgIpc) is 2.61. The fourth-order valence-electron chi connectivity index (χ4n) is 3.17. The Bertz CT molecular complexity index is 518. The van der Waals surface area contributed by atoms with Gasteiger partial charge in [-0.1, -0.05) is 36.7 Å². The largest absolute Gasteiger partial charge is 0.357 e. The highest BCUT2D eigenvalue weighted by atomic mass is 35.5. The second-order valence-corrected chi connectivity index (χ2v) is 6.80. The first-order valence-electron chi connectivity index (χ1n) is 9.20. The zero-order valence-electron chi connectivity index (χ0n) is 15.0. The third-order valence-electron chi connectivity index (χ3n) is 4.55. The van der Waals surface area contributed by atoms with E-state index in [4.69, 9.17) is 16.6 Å². The molecule has 1 atom stereocenters. The van der Waals surface area contributed by atoms with Gasteiger partial charge in [0.2, 0.25) is 0 Å². The number of nitrogens with one attached hydrogen (secondary N) is 2. The van der Waals surface area contributed by atoms with Crippen LogP contribution in [0.5, 0.6) is 0 Å². The predicted molar refractivity (Wildman–Crippen MR) is 104 cm³/mol. The monoisotopic (exact) mass is 350 g/mol. The standard InChI is InChI=1S/C19H31ClN4/c1-3-21-19(22-12-11-17-9-5-6-10-18(17)20)23-14-16-8-7-13-24(4-2)15-16/h5-6,9-10,16H,3-4,7-8,11-15H2,1-2H3,(H2,21,22,23). The lowest BCUT2D eigenvalue weighted by Crippen LogP contribution is -2.40. The zero-order valence-corrected chi connectivity index (χ0v) is 15.8. The first-order valence-corrected chi connectivity index (χ1v) is 9.58. The van der Waals surface area contributed by atoms with Crippen molar-refractivity contribution >= 4 is 17.6 Å². The maximum Gasteiger partial charge on any atom is 0.191 e. The molecule has 1 fully saturated rings. The van der Waals surface area contributed by atoms with E-state index in [9.17, 15) is 0 Å². The summed E-state index contributed by atoms with van der Waals surface area (Å²) in [6, 6.07) is 8.02. The van der Waals surface area contributed by atoms with Crippen LogP contribution in [0, 0.1) is 5.92 Å². The van der Waals surface area contributed by atoms with Gasteiger partial charge < -0.3 is 15.5 Å². The molecule has 24 heavy (non-hydrogen) atoms. The van der Waals surface area contributed by atoms with Crippen molar-refractivity contribution in [1.82, 2.24) is 15.5 Å². The van der Waals surface area contributed by atoms with Gasteiger partial charge in [0.1, 0.15) is 0 Å². The minimum Gasteiger partial charge on any atom is -0.357 e. The Kier molecular flexibility index (Phi) is 8.40. The van der Waals surface area contributed by atoms with E-state index in [0.29, 0.717) is 5.92 Å². The van der Waals surface area contributed by atoms with Crippen LogP contribution < -0.4 is 10.6 Å². The number of hydrogen-bond donors (Lipinski definition) is 2. The summed E-state index contributed by atoms with van der Waals surface area (Å²) in [6.45, 7) is 10.5. The molecule has 0 bridgehead atoms. The highest BCUT2D eigenvalue weighted by molar-refractivity contribution is 6.31. The second-order valence-electron chi connectivity index (χ2n) is 6.39. The number of hydrogen-bond acceptors (Lipinski definition) is 2. The number of likely N-dealkylation sites (tertiary alicyclic amines) is 1. The van der Waals surface area contributed by atoms with E-state index in [1.54, 1.807) is 0 Å². The van der Waals surface area contributed by atoms with E-state index < -0.39 is 0 Å². The summed E-state index contributed by atoms with van der Waals surface area (Å²) >= 11 is 6.21. The van der Waals surface area contributed by atoms with Crippen LogP contribution in [0.15, 0.2) is 29.3 Å². The predicted octanol–water partition coefficient (Wildman–Crippen LogP) is 3.17. The SMILES string of the molecule is CCNC(=NCC1CCCN(CC)C1)NCCc1ccccc1Cl. The molecular formula is C19H31ClN4. The normalized spacial score (nSPS) is 19.3. The van der Waals surface area contributed by atoms with Gasteiger partial charge in [-0.25, -0.2) is 0 Å². The van der Waals surface area contributed by atoms with E-state index in [-0.39, 0.29) is 0 Å². The molecular weight excluding hydrogens is 320 g/mol. The molecule has 0 saturated carbocycles. The zero-order chi connectivity index (χ0) is 17.2. The molecule has 134 valence electrons. The van der Waals surface area contributed by atoms with Crippen molar-refractivity contribution < 1.29 is 0 Å². The lowest BCUT2D eigenvalue weighted by atomic mass is 9.98. The Balaban J connectivity index is 1.81. The highest BCUT2D eigenvalue weighted by Crippen LogP contribution is 2.16. The van der Waals surface area contributed by atoms with Crippen LogP contribution >= 0.6 is 11.6 Å². The molecule has 5 heteroatoms. The molecule has 1 heterocycles. The Morgan fingerprint density at radius 1 is 1.29 bits per heavy atom. The molecule has 1 aromatic carbocycles. The minimum absolute atomic E-state index is 0.678. The van der Waals surface area contributed by atoms with Crippen molar-refractivity contribution in [2.75, 3.05) is 39.3 Å². The number of rotatable bonds is 7. The summed E-state index contributed by atoms with van der Waals surface area (Å²) < 4.78 is 0. The van der Waals surface area contributed by atoms with Crippen molar-refractivity contribution in [3.8, 4) is 0 Å². The van der Waals surface area contributed by atoms with Crippen LogP contribution in [0.4, 0.5) is 0 Å². The van der Waals surface area contributed by atoms with E-state index in [0.717, 1.165) is 43.6 Å². The highest BCUT2D eigenvalue weighted by Gasteiger charge is 2.18. The van der Waals surface area contributed by atoms with Gasteiger partial charge in [0.05, 0.1) is 0 Å². The third kappa shape index (κ3) is 6.33. The number of guanidine groups is 1. The topological polar surface area (TPSA) is 39.7 Å². The Labute approximate surface area is 151 Å². The number of benzene rings is 1. The molecule has 0 radical (unpaired) electrons. The van der Waals surface area contributed by atoms with Crippen LogP contribution in [-0.4, -0.2) is 50.1 Å². The number of halogens is 1. The van der Waals surface area contributed by atoms with Crippen LogP contribution in [0.3, 0.4) is 0 Å². The summed E-state index contributed by atoms with van der Waals surface area (Å²) in [4.78, 5) is 7.32. The summed E-state index contributed by atoms with van der Waals surface area (Å²) in [5.41, 5.74) is 1.17. The van der Waals surface area contributed by atoms with Crippen molar-refractivity contribution in [3.63, 3.8) is 0 Å². The number of piperidine rings is 1. The summed E-state index contributed by atoms with van der Waals surface area (Å²) in [7, 11) is 0. The molecule has 0 spiro atoms. The molecule has 1 aliphatic heterocycles. The van der Waals surface area contributed by atoms with E-state index in [1.165, 1.54) is 31.5 Å². The van der Waals surface area contributed by atoms with Crippen LogP contribution in [0.25, 0.3) is 0 Å². The Hall–Kier alpha value is -1.26. The maximum atomic E-state index is 6.21. The molecule has 2 N–H and O–H groups in total. The van der Waals surface area contributed by atoms with Crippen LogP contribution in [0.1, 0.15) is 32.3 Å². The molecule has 1 saturated heterocycles. The number of aliphatic imine (C=N–C) groups is 1. The fraction of sp³-hybridized carbons (Fsp3) is 0.632. The van der Waals surface area contributed by atoms with Gasteiger partial charge in [-0.3, -0.25) is 4.99 Å². The van der Waals surface area contributed by atoms with E-state index in [2.05, 4.69) is 35.4 Å². The van der Waals surface area contributed by atoms with Crippen molar-refractivity contribution in [2.45, 2.75) is 33.1 Å². The lowest BCUT2D eigenvalue weighted by molar-refractivity contribution is 0.186. The van der Waals surface area contributed by atoms with Gasteiger partial charge in [-0.05, 0) is 56.8 Å². The molecule has 1 unspecified atom stereocenters. The lowest BCUT2D eigenvalue weighted by Gasteiger charge is -2.31. The summed E-state index contributed by atoms with van der Waals surface area (Å²) in [5, 5.41) is 7.60. The van der Waals surface area contributed by atoms with E-state index >= 15 is 0 Å². The van der Waals surface area contributed by atoms with Crippen molar-refractivity contribution in [1.29, 1.82) is 0 Å². The third-order valence-corrected chi connectivity index (χ3v) is 4.92. The van der Waals surface area contributed by atoms with Gasteiger partial charge in [-0.2, -0.15) is 0 Å². The van der Waals surface area contributed by atoms with Gasteiger partial charge in [-0.15, -0.1) is 0 Å². The van der Waals surface area contributed by atoms with Gasteiger partial charge in [0, 0.05) is 31.2 Å². The number of nitrogens with zero attached hydrogens (tertiary/aromatic N) is 2. The Morgan fingerprint density at radius 2 is 2.12 bits per heavy atom. The summed E-state index contributed by atoms with van der Waals surface area (Å²) in [6.07, 6.45) is 3.49. The average molecular weight is 351 g/mol. The Morgan fingerprint density at radius 3 is 2.88 bits per heavy atom. The molecule has 0 amide bonds. The van der Waals surface area contributed by atoms with E-state index in [1.807, 2.05) is 18.2 Å². The molecule has 1 aromatic rings. The summed E-state index contributed by atoms with van der Waals surface area (Å²) in [5.74, 6) is 1.59. The molecule has 0 aromatic heterocycles. The molecule has 1 aliphatic rings. The second kappa shape index (κ2) is 10.6. The van der Waals surface area contributed by atoms with Crippen molar-refractivity contribution in [3.05, 3.63) is 34.9 Å². The fourth-order valence-corrected chi connectivity index (χ4v) is 3.40. The maximum absolute atomic E-state index is 6.21. The minimum atomic E-state index is 0.678. The van der Waals surface area contributed by atoms with Gasteiger partial charge in [0.25, 0.3) is 0 Å². The quantitative estimate of drug-likeness (QED) is 0.586. The van der Waals surface area contributed by atoms with Crippen molar-refractivity contribution in [2.24, 2.45) is 10.9 Å².